The number of anilines is 1. The first-order chi connectivity index (χ1) is 11.3. The number of nitrogens with zero attached hydrogens (tertiary/aromatic N) is 1. The van der Waals surface area contributed by atoms with Crippen LogP contribution in [0.5, 0.6) is 0 Å². The van der Waals surface area contributed by atoms with Gasteiger partial charge in [0.2, 0.25) is 11.8 Å². The van der Waals surface area contributed by atoms with Crippen LogP contribution < -0.4 is 5.32 Å². The van der Waals surface area contributed by atoms with Crippen molar-refractivity contribution >= 4 is 40.7 Å². The van der Waals surface area contributed by atoms with Crippen LogP contribution in [0.1, 0.15) is 18.1 Å². The van der Waals surface area contributed by atoms with E-state index in [1.54, 1.807) is 18.2 Å². The van der Waals surface area contributed by atoms with Crippen LogP contribution >= 0.6 is 23.2 Å². The number of rotatable bonds is 5. The van der Waals surface area contributed by atoms with Crippen molar-refractivity contribution in [1.82, 2.24) is 4.90 Å². The van der Waals surface area contributed by atoms with E-state index < -0.39 is 0 Å². The number of amides is 2. The summed E-state index contributed by atoms with van der Waals surface area (Å²) in [4.78, 5) is 25.5. The molecule has 0 saturated carbocycles. The second-order valence-corrected chi connectivity index (χ2v) is 6.36. The maximum absolute atomic E-state index is 12.2. The first-order valence-corrected chi connectivity index (χ1v) is 8.16. The lowest BCUT2D eigenvalue weighted by atomic mass is 10.1. The van der Waals surface area contributed by atoms with Crippen molar-refractivity contribution in [2.75, 3.05) is 11.9 Å². The number of carbonyl (C=O) groups excluding carboxylic acids is 2. The van der Waals surface area contributed by atoms with Gasteiger partial charge in [-0.05, 0) is 30.7 Å². The molecule has 0 aromatic heterocycles. The molecule has 126 valence electrons. The summed E-state index contributed by atoms with van der Waals surface area (Å²) in [6.45, 7) is 3.77. The zero-order valence-corrected chi connectivity index (χ0v) is 15.0. The summed E-state index contributed by atoms with van der Waals surface area (Å²) in [7, 11) is 0. The Morgan fingerprint density at radius 3 is 2.46 bits per heavy atom. The molecule has 0 atom stereocenters. The summed E-state index contributed by atoms with van der Waals surface area (Å²) in [5.41, 5.74) is 2.62. The summed E-state index contributed by atoms with van der Waals surface area (Å²) in [5, 5.41) is 3.49. The molecule has 2 aromatic rings. The summed E-state index contributed by atoms with van der Waals surface area (Å²) in [6.07, 6.45) is 0. The molecule has 0 saturated heterocycles. The molecule has 4 nitrogen and oxygen atoms in total. The molecule has 6 heteroatoms. The van der Waals surface area contributed by atoms with Crippen LogP contribution in [0.3, 0.4) is 0 Å². The van der Waals surface area contributed by atoms with E-state index in [0.29, 0.717) is 22.3 Å². The Morgan fingerprint density at radius 1 is 1.08 bits per heavy atom. The van der Waals surface area contributed by atoms with E-state index in [4.69, 9.17) is 23.2 Å². The third-order valence-electron chi connectivity index (χ3n) is 3.44. The van der Waals surface area contributed by atoms with Gasteiger partial charge in [-0.25, -0.2) is 0 Å². The van der Waals surface area contributed by atoms with Crippen molar-refractivity contribution in [1.29, 1.82) is 0 Å². The lowest BCUT2D eigenvalue weighted by Crippen LogP contribution is -2.36. The number of carbonyl (C=O) groups is 2. The third kappa shape index (κ3) is 5.25. The average molecular weight is 365 g/mol. The molecular formula is C18H18Cl2N2O2. The number of hydrogen-bond acceptors (Lipinski definition) is 2. The van der Waals surface area contributed by atoms with Crippen molar-refractivity contribution in [2.45, 2.75) is 20.4 Å². The fraction of sp³-hybridized carbons (Fsp3) is 0.222. The smallest absolute Gasteiger partial charge is 0.244 e. The van der Waals surface area contributed by atoms with Gasteiger partial charge in [0.05, 0.1) is 10.0 Å². The van der Waals surface area contributed by atoms with Crippen LogP contribution in [0.25, 0.3) is 0 Å². The van der Waals surface area contributed by atoms with Crippen molar-refractivity contribution in [2.24, 2.45) is 0 Å². The highest BCUT2D eigenvalue weighted by molar-refractivity contribution is 6.42. The Kier molecular flexibility index (Phi) is 6.23. The zero-order chi connectivity index (χ0) is 17.7. The highest BCUT2D eigenvalue weighted by Gasteiger charge is 2.14. The van der Waals surface area contributed by atoms with Crippen LogP contribution in [0.2, 0.25) is 10.0 Å². The van der Waals surface area contributed by atoms with Crippen molar-refractivity contribution < 1.29 is 9.59 Å². The quantitative estimate of drug-likeness (QED) is 0.859. The van der Waals surface area contributed by atoms with Crippen molar-refractivity contribution in [3.8, 4) is 0 Å². The Hall–Kier alpha value is -2.04. The molecule has 0 unspecified atom stereocenters. The number of halogens is 2. The monoisotopic (exact) mass is 364 g/mol. The van der Waals surface area contributed by atoms with Gasteiger partial charge in [0.1, 0.15) is 6.54 Å². The van der Waals surface area contributed by atoms with Gasteiger partial charge >= 0.3 is 0 Å². The van der Waals surface area contributed by atoms with E-state index in [1.165, 1.54) is 11.8 Å². The predicted octanol–water partition coefficient (Wildman–Crippen LogP) is 4.29. The predicted molar refractivity (Wildman–Crippen MR) is 97.4 cm³/mol. The van der Waals surface area contributed by atoms with Crippen molar-refractivity contribution in [3.63, 3.8) is 0 Å². The molecule has 1 N–H and O–H groups in total. The lowest BCUT2D eigenvalue weighted by molar-refractivity contribution is -0.133. The Balaban J connectivity index is 2.02. The summed E-state index contributed by atoms with van der Waals surface area (Å²) >= 11 is 11.8. The topological polar surface area (TPSA) is 49.4 Å². The van der Waals surface area contributed by atoms with E-state index in [9.17, 15) is 9.59 Å². The van der Waals surface area contributed by atoms with Gasteiger partial charge in [-0.2, -0.15) is 0 Å². The highest BCUT2D eigenvalue weighted by atomic mass is 35.5. The minimum atomic E-state index is -0.295. The van der Waals surface area contributed by atoms with Gasteiger partial charge < -0.3 is 10.2 Å². The number of aryl methyl sites for hydroxylation is 1. The number of nitrogens with one attached hydrogen (secondary N) is 1. The minimum absolute atomic E-state index is 0.0382. The van der Waals surface area contributed by atoms with Gasteiger partial charge in [0, 0.05) is 19.2 Å². The molecule has 0 bridgehead atoms. The Bertz CT molecular complexity index is 762. The minimum Gasteiger partial charge on any atom is -0.329 e. The summed E-state index contributed by atoms with van der Waals surface area (Å²) < 4.78 is 0. The first kappa shape index (κ1) is 18.3. The SMILES string of the molecule is CC(=O)N(CC(=O)Nc1ccc(Cl)c(Cl)c1)Cc1cccc(C)c1. The first-order valence-electron chi connectivity index (χ1n) is 7.41. The average Bonchev–Trinajstić information content (AvgIpc) is 2.50. The zero-order valence-electron chi connectivity index (χ0n) is 13.5. The standard InChI is InChI=1S/C18H18Cl2N2O2/c1-12-4-3-5-14(8-12)10-22(13(2)23)11-18(24)21-15-6-7-16(19)17(20)9-15/h3-9H,10-11H2,1-2H3,(H,21,24). The second kappa shape index (κ2) is 8.18. The van der Waals surface area contributed by atoms with E-state index in [-0.39, 0.29) is 18.4 Å². The molecule has 0 aliphatic heterocycles. The molecule has 2 aromatic carbocycles. The molecule has 24 heavy (non-hydrogen) atoms. The molecule has 2 amide bonds. The van der Waals surface area contributed by atoms with Crippen molar-refractivity contribution in [3.05, 3.63) is 63.6 Å². The highest BCUT2D eigenvalue weighted by Crippen LogP contribution is 2.25. The number of hydrogen-bond donors (Lipinski definition) is 1. The molecule has 2 rings (SSSR count). The Labute approximate surface area is 151 Å². The summed E-state index contributed by atoms with van der Waals surface area (Å²) in [5.74, 6) is -0.461. The maximum atomic E-state index is 12.2. The van der Waals surface area contributed by atoms with Gasteiger partial charge in [-0.1, -0.05) is 53.0 Å². The lowest BCUT2D eigenvalue weighted by Gasteiger charge is -2.21. The van der Waals surface area contributed by atoms with Crippen LogP contribution in [0, 0.1) is 6.92 Å². The van der Waals surface area contributed by atoms with E-state index >= 15 is 0 Å². The van der Waals surface area contributed by atoms with E-state index in [1.807, 2.05) is 31.2 Å². The largest absolute Gasteiger partial charge is 0.329 e. The fourth-order valence-electron chi connectivity index (χ4n) is 2.26. The number of benzene rings is 2. The van der Waals surface area contributed by atoms with Crippen LogP contribution in [-0.4, -0.2) is 23.3 Å². The molecule has 0 spiro atoms. The van der Waals surface area contributed by atoms with Gasteiger partial charge in [0.15, 0.2) is 0 Å². The second-order valence-electron chi connectivity index (χ2n) is 5.54. The molecule has 0 aliphatic rings. The summed E-state index contributed by atoms with van der Waals surface area (Å²) in [6, 6.07) is 12.7. The van der Waals surface area contributed by atoms with Gasteiger partial charge in [-0.15, -0.1) is 0 Å². The molecule has 0 radical (unpaired) electrons. The normalized spacial score (nSPS) is 10.3. The van der Waals surface area contributed by atoms with Gasteiger partial charge in [0.25, 0.3) is 0 Å². The molecule has 0 aliphatic carbocycles. The fourth-order valence-corrected chi connectivity index (χ4v) is 2.56. The van der Waals surface area contributed by atoms with Crippen LogP contribution in [0.15, 0.2) is 42.5 Å². The van der Waals surface area contributed by atoms with Gasteiger partial charge in [-0.3, -0.25) is 9.59 Å². The third-order valence-corrected chi connectivity index (χ3v) is 4.18. The maximum Gasteiger partial charge on any atom is 0.244 e. The van der Waals surface area contributed by atoms with E-state index in [0.717, 1.165) is 11.1 Å². The molecule has 0 heterocycles. The Morgan fingerprint density at radius 2 is 1.83 bits per heavy atom. The van der Waals surface area contributed by atoms with Crippen LogP contribution in [0.4, 0.5) is 5.69 Å². The molecular weight excluding hydrogens is 347 g/mol. The van der Waals surface area contributed by atoms with Crippen LogP contribution in [-0.2, 0) is 16.1 Å². The molecule has 0 fully saturated rings. The van der Waals surface area contributed by atoms with E-state index in [2.05, 4.69) is 5.32 Å².